The molecular formula is C13H17N3OS. The first-order valence-electron chi connectivity index (χ1n) is 6.32. The van der Waals surface area contributed by atoms with Gasteiger partial charge in [0.2, 0.25) is 0 Å². The molecule has 1 fully saturated rings. The lowest BCUT2D eigenvalue weighted by Crippen LogP contribution is -2.37. The van der Waals surface area contributed by atoms with Crippen LogP contribution in [-0.4, -0.2) is 36.3 Å². The van der Waals surface area contributed by atoms with E-state index in [1.807, 2.05) is 0 Å². The van der Waals surface area contributed by atoms with Crippen LogP contribution in [0.3, 0.4) is 0 Å². The second-order valence-corrected chi connectivity index (χ2v) is 5.57. The summed E-state index contributed by atoms with van der Waals surface area (Å²) >= 11 is 1.66. The summed E-state index contributed by atoms with van der Waals surface area (Å²) in [7, 11) is 0. The van der Waals surface area contributed by atoms with Gasteiger partial charge in [-0.05, 0) is 5.92 Å². The number of thiophene rings is 1. The van der Waals surface area contributed by atoms with Crippen molar-refractivity contribution in [1.82, 2.24) is 9.97 Å². The van der Waals surface area contributed by atoms with Gasteiger partial charge in [0.25, 0.3) is 0 Å². The van der Waals surface area contributed by atoms with Crippen LogP contribution in [0.15, 0.2) is 10.8 Å². The maximum Gasteiger partial charge on any atom is 0.151 e. The van der Waals surface area contributed by atoms with Crippen LogP contribution in [0.1, 0.15) is 25.5 Å². The van der Waals surface area contributed by atoms with Crippen LogP contribution in [0.5, 0.6) is 0 Å². The summed E-state index contributed by atoms with van der Waals surface area (Å²) in [6, 6.07) is 0. The first-order valence-corrected chi connectivity index (χ1v) is 7.26. The van der Waals surface area contributed by atoms with Gasteiger partial charge in [-0.1, -0.05) is 13.8 Å². The van der Waals surface area contributed by atoms with Crippen LogP contribution in [-0.2, 0) is 4.74 Å². The highest BCUT2D eigenvalue weighted by atomic mass is 32.1. The number of hydrogen-bond acceptors (Lipinski definition) is 5. The zero-order valence-electron chi connectivity index (χ0n) is 10.7. The van der Waals surface area contributed by atoms with Crippen LogP contribution in [0, 0.1) is 0 Å². The van der Waals surface area contributed by atoms with Crippen molar-refractivity contribution in [3.8, 4) is 0 Å². The lowest BCUT2D eigenvalue weighted by atomic mass is 10.1. The largest absolute Gasteiger partial charge is 0.378 e. The number of nitrogens with zero attached hydrogens (tertiary/aromatic N) is 3. The minimum Gasteiger partial charge on any atom is -0.378 e. The summed E-state index contributed by atoms with van der Waals surface area (Å²) in [6.45, 7) is 7.72. The average molecular weight is 263 g/mol. The molecule has 1 saturated heterocycles. The van der Waals surface area contributed by atoms with E-state index in [4.69, 9.17) is 14.7 Å². The Labute approximate surface area is 111 Å². The van der Waals surface area contributed by atoms with Gasteiger partial charge in [-0.25, -0.2) is 9.97 Å². The maximum atomic E-state index is 5.41. The third-order valence-electron chi connectivity index (χ3n) is 3.18. The van der Waals surface area contributed by atoms with E-state index in [0.717, 1.165) is 48.8 Å². The normalized spacial score (nSPS) is 16.7. The van der Waals surface area contributed by atoms with E-state index in [2.05, 4.69) is 29.5 Å². The van der Waals surface area contributed by atoms with E-state index in [1.165, 1.54) is 0 Å². The highest BCUT2D eigenvalue weighted by Crippen LogP contribution is 2.28. The molecule has 0 bridgehead atoms. The molecule has 0 aromatic carbocycles. The standard InChI is InChI=1S/C13H17N3OS/c1-9(2)12-13(16-3-5-17-6-4-16)15-11-8-18-7-10(11)14-12/h7-9H,3-6H2,1-2H3. The Morgan fingerprint density at radius 3 is 2.50 bits per heavy atom. The van der Waals surface area contributed by atoms with Crippen molar-refractivity contribution in [2.75, 3.05) is 31.2 Å². The number of ether oxygens (including phenoxy) is 1. The van der Waals surface area contributed by atoms with E-state index in [0.29, 0.717) is 5.92 Å². The first-order chi connectivity index (χ1) is 8.75. The second kappa shape index (κ2) is 4.82. The average Bonchev–Trinajstić information content (AvgIpc) is 2.85. The predicted molar refractivity (Wildman–Crippen MR) is 74.5 cm³/mol. The van der Waals surface area contributed by atoms with E-state index >= 15 is 0 Å². The Hall–Kier alpha value is -1.20. The summed E-state index contributed by atoms with van der Waals surface area (Å²) in [5.41, 5.74) is 3.12. The van der Waals surface area contributed by atoms with Crippen molar-refractivity contribution in [3.63, 3.8) is 0 Å². The van der Waals surface area contributed by atoms with Crippen LogP contribution in [0.2, 0.25) is 0 Å². The first kappa shape index (κ1) is 11.9. The van der Waals surface area contributed by atoms with Crippen molar-refractivity contribution >= 4 is 28.2 Å². The summed E-state index contributed by atoms with van der Waals surface area (Å²) in [5, 5.41) is 4.13. The summed E-state index contributed by atoms with van der Waals surface area (Å²) in [4.78, 5) is 11.9. The molecule has 18 heavy (non-hydrogen) atoms. The fourth-order valence-electron chi connectivity index (χ4n) is 2.20. The molecule has 1 aliphatic rings. The van der Waals surface area contributed by atoms with Crippen LogP contribution < -0.4 is 4.90 Å². The molecule has 0 N–H and O–H groups in total. The molecule has 1 aliphatic heterocycles. The molecule has 0 amide bonds. The number of anilines is 1. The Morgan fingerprint density at radius 1 is 1.17 bits per heavy atom. The molecular weight excluding hydrogens is 246 g/mol. The molecule has 2 aromatic heterocycles. The highest BCUT2D eigenvalue weighted by Gasteiger charge is 2.20. The summed E-state index contributed by atoms with van der Waals surface area (Å²) in [6.07, 6.45) is 0. The molecule has 4 nitrogen and oxygen atoms in total. The van der Waals surface area contributed by atoms with Gasteiger partial charge < -0.3 is 9.64 Å². The fourth-order valence-corrected chi connectivity index (χ4v) is 2.87. The Morgan fingerprint density at radius 2 is 1.83 bits per heavy atom. The van der Waals surface area contributed by atoms with Crippen molar-refractivity contribution in [2.45, 2.75) is 19.8 Å². The van der Waals surface area contributed by atoms with Gasteiger partial charge in [-0.2, -0.15) is 0 Å². The molecule has 0 radical (unpaired) electrons. The molecule has 5 heteroatoms. The van der Waals surface area contributed by atoms with Crippen LogP contribution >= 0.6 is 11.3 Å². The molecule has 0 aliphatic carbocycles. The molecule has 0 unspecified atom stereocenters. The van der Waals surface area contributed by atoms with Crippen molar-refractivity contribution in [3.05, 3.63) is 16.5 Å². The SMILES string of the molecule is CC(C)c1nc2cscc2nc1N1CCOCC1. The topological polar surface area (TPSA) is 38.2 Å². The Bertz CT molecular complexity index is 546. The molecule has 0 atom stereocenters. The van der Waals surface area contributed by atoms with Gasteiger partial charge in [-0.15, -0.1) is 11.3 Å². The van der Waals surface area contributed by atoms with Gasteiger partial charge in [-0.3, -0.25) is 0 Å². The zero-order valence-corrected chi connectivity index (χ0v) is 11.5. The Kier molecular flexibility index (Phi) is 3.18. The number of aromatic nitrogens is 2. The van der Waals surface area contributed by atoms with Gasteiger partial charge in [0.1, 0.15) is 5.52 Å². The monoisotopic (exact) mass is 263 g/mol. The van der Waals surface area contributed by atoms with E-state index in [-0.39, 0.29) is 0 Å². The molecule has 3 rings (SSSR count). The van der Waals surface area contributed by atoms with Crippen molar-refractivity contribution in [2.24, 2.45) is 0 Å². The van der Waals surface area contributed by atoms with Gasteiger partial charge in [0.05, 0.1) is 24.4 Å². The van der Waals surface area contributed by atoms with Crippen molar-refractivity contribution < 1.29 is 4.74 Å². The number of fused-ring (bicyclic) bond motifs is 1. The predicted octanol–water partition coefficient (Wildman–Crippen LogP) is 2.65. The van der Waals surface area contributed by atoms with Crippen LogP contribution in [0.4, 0.5) is 5.82 Å². The smallest absolute Gasteiger partial charge is 0.151 e. The third kappa shape index (κ3) is 2.08. The maximum absolute atomic E-state index is 5.41. The zero-order chi connectivity index (χ0) is 12.5. The number of rotatable bonds is 2. The fraction of sp³-hybridized carbons (Fsp3) is 0.538. The van der Waals surface area contributed by atoms with Crippen LogP contribution in [0.25, 0.3) is 11.0 Å². The highest BCUT2D eigenvalue weighted by molar-refractivity contribution is 7.09. The van der Waals surface area contributed by atoms with Gasteiger partial charge in [0, 0.05) is 23.8 Å². The van der Waals surface area contributed by atoms with E-state index in [1.54, 1.807) is 11.3 Å². The lowest BCUT2D eigenvalue weighted by Gasteiger charge is -2.29. The Balaban J connectivity index is 2.08. The molecule has 0 saturated carbocycles. The van der Waals surface area contributed by atoms with Crippen molar-refractivity contribution in [1.29, 1.82) is 0 Å². The molecule has 96 valence electrons. The summed E-state index contributed by atoms with van der Waals surface area (Å²) in [5.74, 6) is 1.43. The molecule has 2 aromatic rings. The number of morpholine rings is 1. The minimum absolute atomic E-state index is 0.389. The molecule has 0 spiro atoms. The summed E-state index contributed by atoms with van der Waals surface area (Å²) < 4.78 is 5.41. The third-order valence-corrected chi connectivity index (χ3v) is 3.89. The lowest BCUT2D eigenvalue weighted by molar-refractivity contribution is 0.122. The quantitative estimate of drug-likeness (QED) is 0.835. The van der Waals surface area contributed by atoms with E-state index < -0.39 is 0 Å². The number of hydrogen-bond donors (Lipinski definition) is 0. The van der Waals surface area contributed by atoms with Gasteiger partial charge >= 0.3 is 0 Å². The second-order valence-electron chi connectivity index (χ2n) is 4.83. The molecule has 3 heterocycles. The van der Waals surface area contributed by atoms with Gasteiger partial charge in [0.15, 0.2) is 5.82 Å². The minimum atomic E-state index is 0.389. The van der Waals surface area contributed by atoms with E-state index in [9.17, 15) is 0 Å².